The van der Waals surface area contributed by atoms with Crippen LogP contribution in [0.25, 0.3) is 0 Å². The molecule has 9 heteroatoms. The number of rotatable bonds is 3. The third kappa shape index (κ3) is 3.08. The minimum atomic E-state index is -1.50. The molecule has 1 aromatic rings. The monoisotopic (exact) mass is 305 g/mol. The Morgan fingerprint density at radius 1 is 1.30 bits per heavy atom. The third-order valence-corrected chi connectivity index (χ3v) is 2.97. The Morgan fingerprint density at radius 2 is 1.95 bits per heavy atom. The maximum absolute atomic E-state index is 13.4. The van der Waals surface area contributed by atoms with Crippen molar-refractivity contribution in [3.8, 4) is 0 Å². The van der Waals surface area contributed by atoms with Crippen molar-refractivity contribution in [2.45, 2.75) is 18.9 Å². The van der Waals surface area contributed by atoms with Gasteiger partial charge in [0.05, 0.1) is 11.3 Å². The van der Waals surface area contributed by atoms with Crippen LogP contribution in [0.5, 0.6) is 0 Å². The van der Waals surface area contributed by atoms with Gasteiger partial charge in [-0.3, -0.25) is 10.2 Å². The van der Waals surface area contributed by atoms with Crippen LogP contribution in [0.15, 0.2) is 6.07 Å². The summed E-state index contributed by atoms with van der Waals surface area (Å²) in [7, 11) is 0. The molecule has 0 bridgehead atoms. The lowest BCUT2D eigenvalue weighted by molar-refractivity contribution is 0.0927. The molecule has 108 valence electrons. The van der Waals surface area contributed by atoms with E-state index in [0.717, 1.165) is 12.8 Å². The summed E-state index contributed by atoms with van der Waals surface area (Å²) in [4.78, 5) is 22.1. The zero-order chi connectivity index (χ0) is 14.9. The maximum atomic E-state index is 13.4. The van der Waals surface area contributed by atoms with Crippen molar-refractivity contribution in [2.24, 2.45) is 0 Å². The second kappa shape index (κ2) is 5.49. The minimum Gasteiger partial charge on any atom is -0.464 e. The fourth-order valence-electron chi connectivity index (χ4n) is 1.52. The summed E-state index contributed by atoms with van der Waals surface area (Å²) in [5, 5.41) is 10.7. The van der Waals surface area contributed by atoms with E-state index < -0.39 is 28.7 Å². The van der Waals surface area contributed by atoms with Crippen molar-refractivity contribution in [2.75, 3.05) is 5.32 Å². The van der Waals surface area contributed by atoms with E-state index >= 15 is 0 Å². The quantitative estimate of drug-likeness (QED) is 0.508. The van der Waals surface area contributed by atoms with E-state index in [-0.39, 0.29) is 17.3 Å². The van der Waals surface area contributed by atoms with Crippen LogP contribution in [0.2, 0.25) is 5.02 Å². The van der Waals surface area contributed by atoms with Gasteiger partial charge in [0.2, 0.25) is 0 Å². The van der Waals surface area contributed by atoms with E-state index in [1.807, 2.05) is 5.43 Å². The van der Waals surface area contributed by atoms with Crippen molar-refractivity contribution in [3.63, 3.8) is 0 Å². The minimum absolute atomic E-state index is 0.0383. The van der Waals surface area contributed by atoms with Crippen molar-refractivity contribution in [1.82, 2.24) is 10.9 Å². The zero-order valence-electron chi connectivity index (χ0n) is 9.97. The van der Waals surface area contributed by atoms with E-state index in [0.29, 0.717) is 6.07 Å². The lowest BCUT2D eigenvalue weighted by Crippen LogP contribution is -2.41. The molecule has 6 nitrogen and oxygen atoms in total. The number of nitrogens with one attached hydrogen (secondary N) is 3. The lowest BCUT2D eigenvalue weighted by atomic mass is 10.1. The van der Waals surface area contributed by atoms with Gasteiger partial charge in [0.25, 0.3) is 5.91 Å². The largest absolute Gasteiger partial charge is 0.464 e. The zero-order valence-corrected chi connectivity index (χ0v) is 10.7. The first-order valence-electron chi connectivity index (χ1n) is 5.63. The summed E-state index contributed by atoms with van der Waals surface area (Å²) in [6.07, 6.45) is 0.150. The molecular weight excluding hydrogens is 296 g/mol. The molecule has 2 amide bonds. The number of hydrogen-bond acceptors (Lipinski definition) is 3. The van der Waals surface area contributed by atoms with Crippen molar-refractivity contribution < 1.29 is 23.5 Å². The van der Waals surface area contributed by atoms with Gasteiger partial charge in [-0.1, -0.05) is 11.6 Å². The molecule has 1 fully saturated rings. The van der Waals surface area contributed by atoms with Gasteiger partial charge in [-0.2, -0.15) is 0 Å². The second-order valence-electron chi connectivity index (χ2n) is 4.21. The number of benzene rings is 1. The predicted octanol–water partition coefficient (Wildman–Crippen LogP) is 2.10. The molecule has 0 aliphatic heterocycles. The van der Waals surface area contributed by atoms with Crippen molar-refractivity contribution >= 4 is 29.3 Å². The van der Waals surface area contributed by atoms with Gasteiger partial charge < -0.3 is 10.4 Å². The van der Waals surface area contributed by atoms with Crippen LogP contribution in [-0.4, -0.2) is 23.1 Å². The van der Waals surface area contributed by atoms with Gasteiger partial charge >= 0.3 is 6.09 Å². The number of anilines is 1. The van der Waals surface area contributed by atoms with E-state index in [2.05, 4.69) is 5.32 Å². The lowest BCUT2D eigenvalue weighted by Gasteiger charge is -2.14. The highest BCUT2D eigenvalue weighted by molar-refractivity contribution is 6.34. The normalized spacial score (nSPS) is 13.8. The molecule has 4 N–H and O–H groups in total. The number of amides is 2. The molecular formula is C11H10ClF2N3O3. The van der Waals surface area contributed by atoms with Crippen LogP contribution in [-0.2, 0) is 0 Å². The van der Waals surface area contributed by atoms with Crippen LogP contribution >= 0.6 is 11.6 Å². The van der Waals surface area contributed by atoms with E-state index in [4.69, 9.17) is 16.7 Å². The summed E-state index contributed by atoms with van der Waals surface area (Å²) in [5.74, 6) is -3.51. The number of carbonyl (C=O) groups excluding carboxylic acids is 1. The fourth-order valence-corrected chi connectivity index (χ4v) is 1.77. The molecule has 1 saturated carbocycles. The summed E-state index contributed by atoms with van der Waals surface area (Å²) >= 11 is 5.69. The van der Waals surface area contributed by atoms with Crippen LogP contribution in [0, 0.1) is 11.6 Å². The predicted molar refractivity (Wildman–Crippen MR) is 66.6 cm³/mol. The number of hydrogen-bond donors (Lipinski definition) is 4. The summed E-state index contributed by atoms with van der Waals surface area (Å²) < 4.78 is 26.8. The highest BCUT2D eigenvalue weighted by Crippen LogP contribution is 2.35. The van der Waals surface area contributed by atoms with Gasteiger partial charge in [0.1, 0.15) is 5.02 Å². The van der Waals surface area contributed by atoms with E-state index in [9.17, 15) is 18.4 Å². The van der Waals surface area contributed by atoms with Crippen LogP contribution in [0.4, 0.5) is 19.3 Å². The number of hydrazine groups is 1. The van der Waals surface area contributed by atoms with Gasteiger partial charge in [-0.15, -0.1) is 0 Å². The molecule has 0 spiro atoms. The van der Waals surface area contributed by atoms with Crippen LogP contribution < -0.4 is 16.2 Å². The fraction of sp³-hybridized carbons (Fsp3) is 0.273. The molecule has 0 unspecified atom stereocenters. The maximum Gasteiger partial charge on any atom is 0.423 e. The molecule has 0 saturated heterocycles. The Kier molecular flexibility index (Phi) is 3.93. The van der Waals surface area contributed by atoms with Crippen molar-refractivity contribution in [1.29, 1.82) is 0 Å². The Hall–Kier alpha value is -2.09. The Morgan fingerprint density at radius 3 is 2.50 bits per heavy atom. The molecule has 0 heterocycles. The molecule has 1 aromatic carbocycles. The SMILES string of the molecule is O=C(O)NNC(=O)c1cc(F)c(F)c(Cl)c1NC1CC1. The Labute approximate surface area is 117 Å². The molecule has 20 heavy (non-hydrogen) atoms. The smallest absolute Gasteiger partial charge is 0.423 e. The first-order chi connectivity index (χ1) is 9.40. The molecule has 1 aliphatic rings. The molecule has 2 rings (SSSR count). The van der Waals surface area contributed by atoms with Crippen LogP contribution in [0.1, 0.15) is 23.2 Å². The van der Waals surface area contributed by atoms with E-state index in [1.165, 1.54) is 0 Å². The molecule has 0 atom stereocenters. The van der Waals surface area contributed by atoms with E-state index in [1.54, 1.807) is 5.43 Å². The molecule has 0 radical (unpaired) electrons. The van der Waals surface area contributed by atoms with Crippen molar-refractivity contribution in [3.05, 3.63) is 28.3 Å². The van der Waals surface area contributed by atoms with Crippen LogP contribution in [0.3, 0.4) is 0 Å². The average Bonchev–Trinajstić information content (AvgIpc) is 3.20. The second-order valence-corrected chi connectivity index (χ2v) is 4.59. The van der Waals surface area contributed by atoms with Gasteiger partial charge in [-0.25, -0.2) is 19.0 Å². The summed E-state index contributed by atoms with van der Waals surface area (Å²) in [6, 6.07) is 0.696. The van der Waals surface area contributed by atoms with Gasteiger partial charge in [0, 0.05) is 6.04 Å². The highest BCUT2D eigenvalue weighted by Gasteiger charge is 2.27. The Balaban J connectivity index is 2.33. The highest BCUT2D eigenvalue weighted by atomic mass is 35.5. The summed E-state index contributed by atoms with van der Waals surface area (Å²) in [6.45, 7) is 0. The Bertz CT molecular complexity index is 579. The standard InChI is InChI=1S/C11H10ClF2N3O3/c12-7-8(14)6(13)3-5(9(7)15-4-1-2-4)10(18)16-17-11(19)20/h3-4,15,17H,1-2H2,(H,16,18)(H,19,20). The van der Waals surface area contributed by atoms with Gasteiger partial charge in [0.15, 0.2) is 11.6 Å². The first kappa shape index (κ1) is 14.3. The summed E-state index contributed by atoms with van der Waals surface area (Å²) in [5.41, 5.74) is 3.11. The average molecular weight is 306 g/mol. The first-order valence-corrected chi connectivity index (χ1v) is 6.01. The van der Waals surface area contributed by atoms with Gasteiger partial charge in [-0.05, 0) is 18.9 Å². The molecule has 1 aliphatic carbocycles. The topological polar surface area (TPSA) is 90.5 Å². The third-order valence-electron chi connectivity index (χ3n) is 2.62. The number of halogens is 3. The number of carbonyl (C=O) groups is 2. The molecule has 0 aromatic heterocycles. The number of carboxylic acid groups (broad SMARTS) is 1.